The Morgan fingerprint density at radius 3 is 2.50 bits per heavy atom. The van der Waals surface area contributed by atoms with E-state index in [-0.39, 0.29) is 5.69 Å². The molecule has 2 heterocycles. The fraction of sp³-hybridized carbons (Fsp3) is 0.389. The van der Waals surface area contributed by atoms with E-state index in [1.807, 2.05) is 4.90 Å². The summed E-state index contributed by atoms with van der Waals surface area (Å²) in [6, 6.07) is 5.87. The fourth-order valence-corrected chi connectivity index (χ4v) is 2.91. The first kappa shape index (κ1) is 19.7. The third-order valence-corrected chi connectivity index (χ3v) is 4.34. The van der Waals surface area contributed by atoms with Crippen LogP contribution in [0.25, 0.3) is 0 Å². The monoisotopic (exact) mass is 395 g/mol. The highest BCUT2D eigenvalue weighted by atomic mass is 19.4. The lowest BCUT2D eigenvalue weighted by atomic mass is 10.2. The third kappa shape index (κ3) is 4.62. The SMILES string of the molecule is COc1cc(N2CCN(C(=O)Nc3cccc(C(F)(F)F)c3)CC2)nc(C)n1. The summed E-state index contributed by atoms with van der Waals surface area (Å²) in [6.45, 7) is 3.67. The van der Waals surface area contributed by atoms with Crippen molar-refractivity contribution in [1.82, 2.24) is 14.9 Å². The minimum Gasteiger partial charge on any atom is -0.481 e. The average Bonchev–Trinajstić information content (AvgIpc) is 2.67. The first-order valence-corrected chi connectivity index (χ1v) is 8.64. The molecule has 0 spiro atoms. The quantitative estimate of drug-likeness (QED) is 0.865. The predicted octanol–water partition coefficient (Wildman–Crippen LogP) is 3.17. The van der Waals surface area contributed by atoms with Gasteiger partial charge in [0.25, 0.3) is 0 Å². The van der Waals surface area contributed by atoms with Gasteiger partial charge in [0.05, 0.1) is 12.7 Å². The second-order valence-corrected chi connectivity index (χ2v) is 6.30. The molecule has 1 aromatic carbocycles. The van der Waals surface area contributed by atoms with Crippen molar-refractivity contribution in [1.29, 1.82) is 0 Å². The molecule has 1 aliphatic rings. The lowest BCUT2D eigenvalue weighted by Crippen LogP contribution is -2.50. The number of rotatable bonds is 3. The van der Waals surface area contributed by atoms with Gasteiger partial charge in [-0.1, -0.05) is 6.07 Å². The zero-order valence-corrected chi connectivity index (χ0v) is 15.5. The second-order valence-electron chi connectivity index (χ2n) is 6.30. The molecule has 150 valence electrons. The standard InChI is InChI=1S/C18H20F3N5O2/c1-12-22-15(11-16(23-12)28-2)25-6-8-26(9-7-25)17(27)24-14-5-3-4-13(10-14)18(19,20)21/h3-5,10-11H,6-9H2,1-2H3,(H,24,27). The van der Waals surface area contributed by atoms with E-state index < -0.39 is 17.8 Å². The number of piperazine rings is 1. The Morgan fingerprint density at radius 1 is 1.14 bits per heavy atom. The highest BCUT2D eigenvalue weighted by Gasteiger charge is 2.30. The molecule has 28 heavy (non-hydrogen) atoms. The summed E-state index contributed by atoms with van der Waals surface area (Å²) in [7, 11) is 1.53. The van der Waals surface area contributed by atoms with Crippen LogP contribution in [0, 0.1) is 6.92 Å². The molecule has 0 unspecified atom stereocenters. The lowest BCUT2D eigenvalue weighted by Gasteiger charge is -2.35. The summed E-state index contributed by atoms with van der Waals surface area (Å²) in [6.07, 6.45) is -4.46. The van der Waals surface area contributed by atoms with Gasteiger partial charge in [-0.15, -0.1) is 0 Å². The van der Waals surface area contributed by atoms with Crippen molar-refractivity contribution in [2.75, 3.05) is 43.5 Å². The number of alkyl halides is 3. The molecule has 0 saturated carbocycles. The Kier molecular flexibility index (Phi) is 5.57. The van der Waals surface area contributed by atoms with Gasteiger partial charge in [0.1, 0.15) is 11.6 Å². The van der Waals surface area contributed by atoms with Crippen molar-refractivity contribution in [3.63, 3.8) is 0 Å². The summed E-state index contributed by atoms with van der Waals surface area (Å²) < 4.78 is 43.5. The van der Waals surface area contributed by atoms with Gasteiger partial charge in [-0.25, -0.2) is 9.78 Å². The number of methoxy groups -OCH3 is 1. The van der Waals surface area contributed by atoms with E-state index >= 15 is 0 Å². The number of amides is 2. The summed E-state index contributed by atoms with van der Waals surface area (Å²) in [5.74, 6) is 1.76. The smallest absolute Gasteiger partial charge is 0.416 e. The molecule has 7 nitrogen and oxygen atoms in total. The van der Waals surface area contributed by atoms with E-state index in [0.717, 1.165) is 12.1 Å². The van der Waals surface area contributed by atoms with Crippen molar-refractivity contribution in [3.8, 4) is 5.88 Å². The number of benzene rings is 1. The van der Waals surface area contributed by atoms with Crippen molar-refractivity contribution in [3.05, 3.63) is 41.7 Å². The van der Waals surface area contributed by atoms with Crippen LogP contribution in [0.1, 0.15) is 11.4 Å². The van der Waals surface area contributed by atoms with Crippen LogP contribution < -0.4 is 15.0 Å². The molecule has 1 aromatic heterocycles. The van der Waals surface area contributed by atoms with Crippen molar-refractivity contribution >= 4 is 17.5 Å². The molecular weight excluding hydrogens is 375 g/mol. The normalized spacial score (nSPS) is 14.8. The topological polar surface area (TPSA) is 70.6 Å². The van der Waals surface area contributed by atoms with E-state index in [1.165, 1.54) is 19.2 Å². The number of nitrogens with one attached hydrogen (secondary N) is 1. The Balaban J connectivity index is 1.61. The highest BCUT2D eigenvalue weighted by molar-refractivity contribution is 5.89. The highest BCUT2D eigenvalue weighted by Crippen LogP contribution is 2.30. The lowest BCUT2D eigenvalue weighted by molar-refractivity contribution is -0.137. The van der Waals surface area contributed by atoms with E-state index in [2.05, 4.69) is 15.3 Å². The Labute approximate surface area is 160 Å². The number of carbonyl (C=O) groups excluding carboxylic acids is 1. The molecule has 1 fully saturated rings. The van der Waals surface area contributed by atoms with E-state index in [9.17, 15) is 18.0 Å². The van der Waals surface area contributed by atoms with Crippen molar-refractivity contribution < 1.29 is 22.7 Å². The Bertz CT molecular complexity index is 851. The van der Waals surface area contributed by atoms with Gasteiger partial charge >= 0.3 is 12.2 Å². The van der Waals surface area contributed by atoms with Crippen LogP contribution in [0.4, 0.5) is 29.5 Å². The molecule has 0 radical (unpaired) electrons. The minimum absolute atomic E-state index is 0.110. The minimum atomic E-state index is -4.46. The molecule has 2 aromatic rings. The van der Waals surface area contributed by atoms with Gasteiger partial charge in [0, 0.05) is 37.9 Å². The first-order valence-electron chi connectivity index (χ1n) is 8.64. The van der Waals surface area contributed by atoms with Crippen LogP contribution in [0.2, 0.25) is 0 Å². The van der Waals surface area contributed by atoms with Crippen LogP contribution in [0.3, 0.4) is 0 Å². The molecule has 1 N–H and O–H groups in total. The summed E-state index contributed by atoms with van der Waals surface area (Å²) >= 11 is 0. The zero-order valence-electron chi connectivity index (χ0n) is 15.5. The van der Waals surface area contributed by atoms with Crippen LogP contribution in [0.15, 0.2) is 30.3 Å². The summed E-state index contributed by atoms with van der Waals surface area (Å²) in [5.41, 5.74) is -0.693. The molecule has 1 aliphatic heterocycles. The number of nitrogens with zero attached hydrogens (tertiary/aromatic N) is 4. The maximum absolute atomic E-state index is 12.8. The number of carbonyl (C=O) groups is 1. The zero-order chi connectivity index (χ0) is 20.3. The van der Waals surface area contributed by atoms with Crippen LogP contribution >= 0.6 is 0 Å². The van der Waals surface area contributed by atoms with Gasteiger partial charge in [0.15, 0.2) is 0 Å². The van der Waals surface area contributed by atoms with E-state index in [0.29, 0.717) is 43.7 Å². The molecule has 3 rings (SSSR count). The van der Waals surface area contributed by atoms with Crippen molar-refractivity contribution in [2.24, 2.45) is 0 Å². The predicted molar refractivity (Wildman–Crippen MR) is 97.6 cm³/mol. The van der Waals surface area contributed by atoms with E-state index in [1.54, 1.807) is 17.9 Å². The number of ether oxygens (including phenoxy) is 1. The molecule has 1 saturated heterocycles. The fourth-order valence-electron chi connectivity index (χ4n) is 2.91. The average molecular weight is 395 g/mol. The molecular formula is C18H20F3N5O2. The Hall–Kier alpha value is -3.04. The molecule has 0 aliphatic carbocycles. The summed E-state index contributed by atoms with van der Waals surface area (Å²) in [4.78, 5) is 24.5. The first-order chi connectivity index (χ1) is 13.3. The molecule has 0 atom stereocenters. The van der Waals surface area contributed by atoms with Gasteiger partial charge in [-0.05, 0) is 25.1 Å². The number of anilines is 2. The Morgan fingerprint density at radius 2 is 1.86 bits per heavy atom. The van der Waals surface area contributed by atoms with Gasteiger partial charge in [-0.2, -0.15) is 18.2 Å². The maximum Gasteiger partial charge on any atom is 0.416 e. The number of aromatic nitrogens is 2. The van der Waals surface area contributed by atoms with E-state index in [4.69, 9.17) is 4.74 Å². The maximum atomic E-state index is 12.8. The number of urea groups is 1. The third-order valence-electron chi connectivity index (χ3n) is 4.34. The number of aryl methyl sites for hydroxylation is 1. The van der Waals surface area contributed by atoms with Crippen LogP contribution in [0.5, 0.6) is 5.88 Å². The second kappa shape index (κ2) is 7.91. The molecule has 0 bridgehead atoms. The number of hydrogen-bond acceptors (Lipinski definition) is 5. The molecule has 10 heteroatoms. The van der Waals surface area contributed by atoms with Crippen LogP contribution in [-0.4, -0.2) is 54.2 Å². The van der Waals surface area contributed by atoms with Gasteiger partial charge in [-0.3, -0.25) is 0 Å². The van der Waals surface area contributed by atoms with Gasteiger partial charge in [0.2, 0.25) is 5.88 Å². The molecule has 2 amide bonds. The summed E-state index contributed by atoms with van der Waals surface area (Å²) in [5, 5.41) is 2.53. The van der Waals surface area contributed by atoms with Crippen molar-refractivity contribution in [2.45, 2.75) is 13.1 Å². The number of halogens is 3. The number of hydrogen-bond donors (Lipinski definition) is 1. The van der Waals surface area contributed by atoms with Crippen LogP contribution in [-0.2, 0) is 6.18 Å². The van der Waals surface area contributed by atoms with Gasteiger partial charge < -0.3 is 19.9 Å². The largest absolute Gasteiger partial charge is 0.481 e.